The Labute approximate surface area is 130 Å². The van der Waals surface area contributed by atoms with Gasteiger partial charge in [-0.3, -0.25) is 0 Å². The Hall–Kier alpha value is -1.02. The van der Waals surface area contributed by atoms with E-state index in [1.165, 1.54) is 49.2 Å². The molecule has 118 valence electrons. The molecule has 2 nitrogen and oxygen atoms in total. The number of hydrogen-bond donors (Lipinski definition) is 1. The molecule has 0 saturated carbocycles. The summed E-state index contributed by atoms with van der Waals surface area (Å²) in [5, 5.41) is 3.57. The summed E-state index contributed by atoms with van der Waals surface area (Å²) in [6, 6.07) is 7.46. The standard InChI is InChI=1S/C19H32N2/c1-6-19(7-2)10-11-21(14-19)18-9-8-16(5)12-17(18)13-20-15(3)4/h8-9,12,15,20H,6-7,10-11,13-14H2,1-5H3. The summed E-state index contributed by atoms with van der Waals surface area (Å²) < 4.78 is 0. The molecule has 1 aromatic rings. The fourth-order valence-electron chi connectivity index (χ4n) is 3.45. The van der Waals surface area contributed by atoms with Crippen LogP contribution in [0.25, 0.3) is 0 Å². The molecule has 1 N–H and O–H groups in total. The summed E-state index contributed by atoms with van der Waals surface area (Å²) in [6.45, 7) is 14.7. The zero-order chi connectivity index (χ0) is 15.5. The van der Waals surface area contributed by atoms with Crippen LogP contribution in [0.2, 0.25) is 0 Å². The molecule has 1 fully saturated rings. The van der Waals surface area contributed by atoms with Gasteiger partial charge in [0.05, 0.1) is 0 Å². The van der Waals surface area contributed by atoms with Crippen molar-refractivity contribution in [2.24, 2.45) is 5.41 Å². The van der Waals surface area contributed by atoms with Crippen molar-refractivity contribution in [1.29, 1.82) is 0 Å². The van der Waals surface area contributed by atoms with Gasteiger partial charge in [0.2, 0.25) is 0 Å². The molecule has 1 aliphatic heterocycles. The van der Waals surface area contributed by atoms with E-state index in [1.807, 2.05) is 0 Å². The van der Waals surface area contributed by atoms with E-state index < -0.39 is 0 Å². The maximum Gasteiger partial charge on any atom is 0.0412 e. The molecular weight excluding hydrogens is 256 g/mol. The third kappa shape index (κ3) is 3.79. The van der Waals surface area contributed by atoms with Crippen LogP contribution < -0.4 is 10.2 Å². The normalized spacial score (nSPS) is 17.7. The van der Waals surface area contributed by atoms with Crippen LogP contribution in [0.5, 0.6) is 0 Å². The van der Waals surface area contributed by atoms with Crippen LogP contribution in [0.1, 0.15) is 58.1 Å². The van der Waals surface area contributed by atoms with E-state index in [-0.39, 0.29) is 0 Å². The maximum absolute atomic E-state index is 3.57. The lowest BCUT2D eigenvalue weighted by Gasteiger charge is -2.28. The van der Waals surface area contributed by atoms with E-state index in [2.05, 4.69) is 63.0 Å². The highest BCUT2D eigenvalue weighted by atomic mass is 15.2. The van der Waals surface area contributed by atoms with Crippen LogP contribution in [-0.2, 0) is 6.54 Å². The van der Waals surface area contributed by atoms with Crippen LogP contribution in [0, 0.1) is 12.3 Å². The Kier molecular flexibility index (Phi) is 5.32. The van der Waals surface area contributed by atoms with Gasteiger partial charge < -0.3 is 10.2 Å². The van der Waals surface area contributed by atoms with E-state index in [4.69, 9.17) is 0 Å². The molecular formula is C19H32N2. The van der Waals surface area contributed by atoms with Gasteiger partial charge in [0.1, 0.15) is 0 Å². The second kappa shape index (κ2) is 6.83. The fraction of sp³-hybridized carbons (Fsp3) is 0.684. The molecule has 21 heavy (non-hydrogen) atoms. The van der Waals surface area contributed by atoms with E-state index in [9.17, 15) is 0 Å². The number of rotatable bonds is 6. The minimum absolute atomic E-state index is 0.530. The Morgan fingerprint density at radius 3 is 2.52 bits per heavy atom. The summed E-state index contributed by atoms with van der Waals surface area (Å²) in [5.41, 5.74) is 4.79. The van der Waals surface area contributed by atoms with Gasteiger partial charge in [-0.05, 0) is 43.2 Å². The third-order valence-corrected chi connectivity index (χ3v) is 5.21. The van der Waals surface area contributed by atoms with Crippen molar-refractivity contribution in [1.82, 2.24) is 5.32 Å². The average Bonchev–Trinajstić information content (AvgIpc) is 2.90. The lowest BCUT2D eigenvalue weighted by Crippen LogP contribution is -2.28. The monoisotopic (exact) mass is 288 g/mol. The molecule has 0 radical (unpaired) electrons. The first kappa shape index (κ1) is 16.4. The maximum atomic E-state index is 3.57. The lowest BCUT2D eigenvalue weighted by molar-refractivity contribution is 0.301. The molecule has 1 saturated heterocycles. The molecule has 0 aromatic heterocycles. The molecule has 0 bridgehead atoms. The van der Waals surface area contributed by atoms with Crippen LogP contribution in [0.3, 0.4) is 0 Å². The molecule has 2 heteroatoms. The predicted molar refractivity (Wildman–Crippen MR) is 93.0 cm³/mol. The number of hydrogen-bond acceptors (Lipinski definition) is 2. The topological polar surface area (TPSA) is 15.3 Å². The molecule has 1 heterocycles. The largest absolute Gasteiger partial charge is 0.371 e. The van der Waals surface area contributed by atoms with E-state index in [0.29, 0.717) is 11.5 Å². The first-order valence-electron chi connectivity index (χ1n) is 8.57. The van der Waals surface area contributed by atoms with Gasteiger partial charge in [-0.2, -0.15) is 0 Å². The van der Waals surface area contributed by atoms with Crippen LogP contribution in [0.4, 0.5) is 5.69 Å². The number of aryl methyl sites for hydroxylation is 1. The summed E-state index contributed by atoms with van der Waals surface area (Å²) in [7, 11) is 0. The number of nitrogens with zero attached hydrogens (tertiary/aromatic N) is 1. The average molecular weight is 288 g/mol. The summed E-state index contributed by atoms with van der Waals surface area (Å²) in [5.74, 6) is 0. The van der Waals surface area contributed by atoms with Gasteiger partial charge in [0.15, 0.2) is 0 Å². The van der Waals surface area contributed by atoms with Crippen molar-refractivity contribution in [2.75, 3.05) is 18.0 Å². The van der Waals surface area contributed by atoms with Gasteiger partial charge in [-0.15, -0.1) is 0 Å². The Bertz CT molecular complexity index is 461. The summed E-state index contributed by atoms with van der Waals surface area (Å²) >= 11 is 0. The van der Waals surface area contributed by atoms with Crippen LogP contribution in [0.15, 0.2) is 18.2 Å². The van der Waals surface area contributed by atoms with E-state index in [0.717, 1.165) is 6.54 Å². The molecule has 0 spiro atoms. The first-order chi connectivity index (χ1) is 9.99. The first-order valence-corrected chi connectivity index (χ1v) is 8.57. The number of nitrogens with one attached hydrogen (secondary N) is 1. The van der Waals surface area contributed by atoms with Crippen LogP contribution in [-0.4, -0.2) is 19.1 Å². The number of anilines is 1. The predicted octanol–water partition coefficient (Wildman–Crippen LogP) is 4.51. The Morgan fingerprint density at radius 1 is 1.24 bits per heavy atom. The van der Waals surface area contributed by atoms with Crippen molar-refractivity contribution in [3.05, 3.63) is 29.3 Å². The molecule has 0 unspecified atom stereocenters. The SMILES string of the molecule is CCC1(CC)CCN(c2ccc(C)cc2CNC(C)C)C1. The van der Waals surface area contributed by atoms with Gasteiger partial charge in [0.25, 0.3) is 0 Å². The summed E-state index contributed by atoms with van der Waals surface area (Å²) in [6.07, 6.45) is 3.93. The Morgan fingerprint density at radius 2 is 1.95 bits per heavy atom. The van der Waals surface area contributed by atoms with Crippen molar-refractivity contribution in [3.63, 3.8) is 0 Å². The van der Waals surface area contributed by atoms with Gasteiger partial charge in [-0.1, -0.05) is 45.4 Å². The molecule has 1 aliphatic rings. The smallest absolute Gasteiger partial charge is 0.0412 e. The summed E-state index contributed by atoms with van der Waals surface area (Å²) in [4.78, 5) is 2.61. The second-order valence-corrected chi connectivity index (χ2v) is 7.05. The molecule has 0 aliphatic carbocycles. The van der Waals surface area contributed by atoms with Crippen molar-refractivity contribution in [3.8, 4) is 0 Å². The van der Waals surface area contributed by atoms with Crippen molar-refractivity contribution < 1.29 is 0 Å². The van der Waals surface area contributed by atoms with E-state index in [1.54, 1.807) is 0 Å². The van der Waals surface area contributed by atoms with Gasteiger partial charge >= 0.3 is 0 Å². The zero-order valence-corrected chi connectivity index (χ0v) is 14.5. The molecule has 0 atom stereocenters. The zero-order valence-electron chi connectivity index (χ0n) is 14.5. The molecule has 2 rings (SSSR count). The fourth-order valence-corrected chi connectivity index (χ4v) is 3.45. The van der Waals surface area contributed by atoms with Crippen molar-refractivity contribution in [2.45, 2.75) is 66.5 Å². The highest BCUT2D eigenvalue weighted by Gasteiger charge is 2.35. The Balaban J connectivity index is 2.19. The minimum atomic E-state index is 0.530. The lowest BCUT2D eigenvalue weighted by atomic mass is 9.82. The van der Waals surface area contributed by atoms with Crippen LogP contribution >= 0.6 is 0 Å². The third-order valence-electron chi connectivity index (χ3n) is 5.21. The highest BCUT2D eigenvalue weighted by Crippen LogP contribution is 2.40. The molecule has 1 aromatic carbocycles. The highest BCUT2D eigenvalue weighted by molar-refractivity contribution is 5.56. The van der Waals surface area contributed by atoms with E-state index >= 15 is 0 Å². The minimum Gasteiger partial charge on any atom is -0.371 e. The molecule has 0 amide bonds. The number of benzene rings is 1. The van der Waals surface area contributed by atoms with Crippen molar-refractivity contribution >= 4 is 5.69 Å². The van der Waals surface area contributed by atoms with Gasteiger partial charge in [0, 0.05) is 31.4 Å². The quantitative estimate of drug-likeness (QED) is 0.828. The van der Waals surface area contributed by atoms with Gasteiger partial charge in [-0.25, -0.2) is 0 Å². The second-order valence-electron chi connectivity index (χ2n) is 7.05.